The first kappa shape index (κ1) is 17.4. The normalized spacial score (nSPS) is 29.4. The van der Waals surface area contributed by atoms with E-state index >= 15 is 0 Å². The first-order chi connectivity index (χ1) is 11.9. The van der Waals surface area contributed by atoms with E-state index in [0.29, 0.717) is 11.6 Å². The van der Waals surface area contributed by atoms with E-state index in [9.17, 15) is 14.4 Å². The Hall–Kier alpha value is -2.44. The molecule has 2 fully saturated rings. The molecule has 1 saturated heterocycles. The van der Waals surface area contributed by atoms with Crippen LogP contribution in [0.4, 0.5) is 4.79 Å². The molecule has 2 heterocycles. The highest BCUT2D eigenvalue weighted by Crippen LogP contribution is 2.27. The van der Waals surface area contributed by atoms with Crippen molar-refractivity contribution in [2.24, 2.45) is 5.92 Å². The molecule has 134 valence electrons. The molecule has 0 unspecified atom stereocenters. The van der Waals surface area contributed by atoms with Gasteiger partial charge in [0.05, 0.1) is 5.69 Å². The van der Waals surface area contributed by atoms with Gasteiger partial charge in [0.1, 0.15) is 6.54 Å². The third-order valence-electron chi connectivity index (χ3n) is 5.21. The molecule has 3 atom stereocenters. The van der Waals surface area contributed by atoms with Crippen LogP contribution in [-0.4, -0.2) is 40.3 Å². The Balaban J connectivity index is 1.67. The van der Waals surface area contributed by atoms with Crippen molar-refractivity contribution in [3.63, 3.8) is 0 Å². The third kappa shape index (κ3) is 3.36. The molecule has 1 aromatic rings. The van der Waals surface area contributed by atoms with E-state index < -0.39 is 17.5 Å². The van der Waals surface area contributed by atoms with Crippen LogP contribution in [-0.2, 0) is 15.1 Å². The molecule has 0 aromatic carbocycles. The quantitative estimate of drug-likeness (QED) is 0.811. The van der Waals surface area contributed by atoms with Crippen molar-refractivity contribution in [3.05, 3.63) is 30.1 Å². The van der Waals surface area contributed by atoms with E-state index in [1.54, 1.807) is 31.3 Å². The van der Waals surface area contributed by atoms with Gasteiger partial charge < -0.3 is 10.6 Å². The molecule has 1 aliphatic heterocycles. The number of amides is 4. The molecule has 7 nitrogen and oxygen atoms in total. The molecule has 0 bridgehead atoms. The number of hydrogen-bond donors (Lipinski definition) is 2. The highest BCUT2D eigenvalue weighted by Gasteiger charge is 2.50. The minimum atomic E-state index is -1.24. The van der Waals surface area contributed by atoms with Gasteiger partial charge >= 0.3 is 6.03 Å². The van der Waals surface area contributed by atoms with E-state index in [1.165, 1.54) is 6.42 Å². The summed E-state index contributed by atoms with van der Waals surface area (Å²) in [4.78, 5) is 42.5. The zero-order valence-electron chi connectivity index (χ0n) is 14.6. The van der Waals surface area contributed by atoms with Gasteiger partial charge in [0.15, 0.2) is 5.54 Å². The molecular formula is C18H24N4O3. The first-order valence-corrected chi connectivity index (χ1v) is 8.77. The molecule has 1 aliphatic carbocycles. The fraction of sp³-hybridized carbons (Fsp3) is 0.556. The van der Waals surface area contributed by atoms with Crippen molar-refractivity contribution in [2.75, 3.05) is 6.54 Å². The van der Waals surface area contributed by atoms with Gasteiger partial charge in [-0.3, -0.25) is 19.5 Å². The van der Waals surface area contributed by atoms with E-state index in [0.717, 1.165) is 24.2 Å². The van der Waals surface area contributed by atoms with Crippen molar-refractivity contribution in [2.45, 2.75) is 51.1 Å². The monoisotopic (exact) mass is 344 g/mol. The van der Waals surface area contributed by atoms with Gasteiger partial charge in [-0.2, -0.15) is 0 Å². The largest absolute Gasteiger partial charge is 0.352 e. The summed E-state index contributed by atoms with van der Waals surface area (Å²) >= 11 is 0. The SMILES string of the molecule is C[C@@H]1CCCC[C@H]1NC(=O)CN1C(=O)N[C@@](C)(c2ccccn2)C1=O. The Morgan fingerprint density at radius 1 is 1.36 bits per heavy atom. The molecule has 2 N–H and O–H groups in total. The van der Waals surface area contributed by atoms with Crippen LogP contribution in [0.2, 0.25) is 0 Å². The van der Waals surface area contributed by atoms with Gasteiger partial charge in [0, 0.05) is 12.2 Å². The Morgan fingerprint density at radius 3 is 2.80 bits per heavy atom. The standard InChI is InChI=1S/C18H24N4O3/c1-12-7-3-4-8-13(12)20-15(23)11-22-16(24)18(2,21-17(22)25)14-9-5-6-10-19-14/h5-6,9-10,12-13H,3-4,7-8,11H2,1-2H3,(H,20,23)(H,21,25)/t12-,13-,18+/m1/s1. The second-order valence-corrected chi connectivity index (χ2v) is 7.10. The Bertz CT molecular complexity index is 678. The van der Waals surface area contributed by atoms with E-state index in [-0.39, 0.29) is 18.5 Å². The summed E-state index contributed by atoms with van der Waals surface area (Å²) < 4.78 is 0. The van der Waals surface area contributed by atoms with Gasteiger partial charge in [-0.1, -0.05) is 25.8 Å². The van der Waals surface area contributed by atoms with E-state index in [4.69, 9.17) is 0 Å². The van der Waals surface area contributed by atoms with Crippen molar-refractivity contribution < 1.29 is 14.4 Å². The average molecular weight is 344 g/mol. The van der Waals surface area contributed by atoms with E-state index in [2.05, 4.69) is 22.5 Å². The lowest BCUT2D eigenvalue weighted by molar-refractivity contribution is -0.135. The van der Waals surface area contributed by atoms with E-state index in [1.807, 2.05) is 0 Å². The zero-order valence-corrected chi connectivity index (χ0v) is 14.6. The van der Waals surface area contributed by atoms with Crippen molar-refractivity contribution in [3.8, 4) is 0 Å². The molecule has 4 amide bonds. The van der Waals surface area contributed by atoms with Gasteiger partial charge in [0.2, 0.25) is 5.91 Å². The number of carbonyl (C=O) groups is 3. The van der Waals surface area contributed by atoms with Gasteiger partial charge in [-0.25, -0.2) is 4.79 Å². The van der Waals surface area contributed by atoms with Crippen molar-refractivity contribution >= 4 is 17.8 Å². The maximum Gasteiger partial charge on any atom is 0.325 e. The van der Waals surface area contributed by atoms with Crippen LogP contribution in [0.15, 0.2) is 24.4 Å². The number of nitrogens with one attached hydrogen (secondary N) is 2. The smallest absolute Gasteiger partial charge is 0.325 e. The summed E-state index contributed by atoms with van der Waals surface area (Å²) in [5, 5.41) is 5.63. The molecule has 3 rings (SSSR count). The second kappa shape index (κ2) is 6.82. The van der Waals surface area contributed by atoms with Crippen LogP contribution < -0.4 is 10.6 Å². The fourth-order valence-electron chi connectivity index (χ4n) is 3.60. The summed E-state index contributed by atoms with van der Waals surface area (Å²) in [6.07, 6.45) is 5.88. The van der Waals surface area contributed by atoms with Crippen LogP contribution >= 0.6 is 0 Å². The highest BCUT2D eigenvalue weighted by atomic mass is 16.2. The van der Waals surface area contributed by atoms with Crippen molar-refractivity contribution in [1.82, 2.24) is 20.5 Å². The summed E-state index contributed by atoms with van der Waals surface area (Å²) in [5.74, 6) is -0.338. The highest BCUT2D eigenvalue weighted by molar-refractivity contribution is 6.08. The van der Waals surface area contributed by atoms with Crippen LogP contribution in [0, 0.1) is 5.92 Å². The Labute approximate surface area is 147 Å². The van der Waals surface area contributed by atoms with Gasteiger partial charge in [-0.05, 0) is 37.8 Å². The number of carbonyl (C=O) groups excluding carboxylic acids is 3. The molecule has 2 aliphatic rings. The van der Waals surface area contributed by atoms with Crippen LogP contribution in [0.25, 0.3) is 0 Å². The summed E-state index contributed by atoms with van der Waals surface area (Å²) in [6.45, 7) is 3.46. The number of aromatic nitrogens is 1. The molecular weight excluding hydrogens is 320 g/mol. The van der Waals surface area contributed by atoms with Crippen LogP contribution in [0.5, 0.6) is 0 Å². The van der Waals surface area contributed by atoms with Gasteiger partial charge in [-0.15, -0.1) is 0 Å². The minimum Gasteiger partial charge on any atom is -0.352 e. The number of urea groups is 1. The topological polar surface area (TPSA) is 91.4 Å². The predicted molar refractivity (Wildman–Crippen MR) is 91.4 cm³/mol. The first-order valence-electron chi connectivity index (χ1n) is 8.77. The summed E-state index contributed by atoms with van der Waals surface area (Å²) in [7, 11) is 0. The Kier molecular flexibility index (Phi) is 4.74. The lowest BCUT2D eigenvalue weighted by Crippen LogP contribution is -2.47. The minimum absolute atomic E-state index is 0.115. The third-order valence-corrected chi connectivity index (χ3v) is 5.21. The summed E-state index contributed by atoms with van der Waals surface area (Å²) in [6, 6.07) is 4.73. The molecule has 7 heteroatoms. The lowest BCUT2D eigenvalue weighted by Gasteiger charge is -2.30. The summed E-state index contributed by atoms with van der Waals surface area (Å²) in [5.41, 5.74) is -0.784. The van der Waals surface area contributed by atoms with Gasteiger partial charge in [0.25, 0.3) is 5.91 Å². The molecule has 0 radical (unpaired) electrons. The number of pyridine rings is 1. The Morgan fingerprint density at radius 2 is 2.12 bits per heavy atom. The number of imide groups is 1. The lowest BCUT2D eigenvalue weighted by atomic mass is 9.86. The number of nitrogens with zero attached hydrogens (tertiary/aromatic N) is 2. The second-order valence-electron chi connectivity index (χ2n) is 7.10. The van der Waals surface area contributed by atoms with Crippen molar-refractivity contribution in [1.29, 1.82) is 0 Å². The maximum absolute atomic E-state index is 12.8. The number of rotatable bonds is 4. The molecule has 1 saturated carbocycles. The molecule has 1 aromatic heterocycles. The number of hydrogen-bond acceptors (Lipinski definition) is 4. The van der Waals surface area contributed by atoms with Crippen LogP contribution in [0.3, 0.4) is 0 Å². The van der Waals surface area contributed by atoms with Crippen LogP contribution in [0.1, 0.15) is 45.2 Å². The maximum atomic E-state index is 12.8. The molecule has 0 spiro atoms. The average Bonchev–Trinajstić information content (AvgIpc) is 2.82. The fourth-order valence-corrected chi connectivity index (χ4v) is 3.60. The molecule has 25 heavy (non-hydrogen) atoms. The predicted octanol–water partition coefficient (Wildman–Crippen LogP) is 1.54. The zero-order chi connectivity index (χ0) is 18.0.